The lowest BCUT2D eigenvalue weighted by Crippen LogP contribution is -2.07. The van der Waals surface area contributed by atoms with Crippen LogP contribution in [0.3, 0.4) is 0 Å². The summed E-state index contributed by atoms with van der Waals surface area (Å²) in [7, 11) is 0. The maximum absolute atomic E-state index is 10.4. The van der Waals surface area contributed by atoms with Gasteiger partial charge in [0, 0.05) is 0 Å². The topological polar surface area (TPSA) is 17.1 Å². The van der Waals surface area contributed by atoms with Crippen LogP contribution in [0.4, 0.5) is 0 Å². The van der Waals surface area contributed by atoms with E-state index in [1.807, 2.05) is 11.8 Å². The molecule has 0 saturated carbocycles. The average Bonchev–Trinajstić information content (AvgIpc) is 1.87. The van der Waals surface area contributed by atoms with E-state index in [1.165, 1.54) is 31.4 Å². The van der Waals surface area contributed by atoms with E-state index < -0.39 is 0 Å². The Labute approximate surface area is 66.6 Å². The van der Waals surface area contributed by atoms with Gasteiger partial charge in [0.1, 0.15) is 6.29 Å². The van der Waals surface area contributed by atoms with Crippen LogP contribution in [-0.2, 0) is 4.79 Å². The fraction of sp³-hybridized carbons (Fsp3) is 0.875. The van der Waals surface area contributed by atoms with Crippen LogP contribution in [0.2, 0.25) is 0 Å². The normalized spacial score (nSPS) is 28.6. The number of carbonyl (C=O) groups is 1. The first-order chi connectivity index (χ1) is 4.93. The fourth-order valence-corrected chi connectivity index (χ4v) is 2.31. The van der Waals surface area contributed by atoms with Gasteiger partial charge in [0.25, 0.3) is 0 Å². The Bertz CT molecular complexity index is 95.4. The number of carbonyl (C=O) groups excluding carboxylic acids is 1. The molecule has 10 heavy (non-hydrogen) atoms. The molecule has 0 aromatic carbocycles. The van der Waals surface area contributed by atoms with E-state index in [0.717, 1.165) is 12.7 Å². The van der Waals surface area contributed by atoms with Crippen molar-refractivity contribution in [3.63, 3.8) is 0 Å². The Morgan fingerprint density at radius 1 is 1.20 bits per heavy atom. The first-order valence-corrected chi connectivity index (χ1v) is 5.05. The Balaban J connectivity index is 2.22. The molecular formula is C8H14OS. The smallest absolute Gasteiger partial charge is 0.132 e. The standard InChI is InChI=1S/C8H14OS/c9-7-8-5-3-1-2-4-6-10-8/h7-8H,1-6H2. The predicted octanol–water partition coefficient (Wildman–Crippen LogP) is 2.25. The van der Waals surface area contributed by atoms with Crippen LogP contribution in [0.1, 0.15) is 32.1 Å². The molecule has 0 bridgehead atoms. The molecule has 1 aliphatic heterocycles. The van der Waals surface area contributed by atoms with Crippen LogP contribution in [0, 0.1) is 0 Å². The van der Waals surface area contributed by atoms with E-state index in [9.17, 15) is 4.79 Å². The number of rotatable bonds is 1. The highest BCUT2D eigenvalue weighted by molar-refractivity contribution is 8.00. The van der Waals surface area contributed by atoms with Gasteiger partial charge in [-0.05, 0) is 18.6 Å². The van der Waals surface area contributed by atoms with Crippen molar-refractivity contribution in [3.8, 4) is 0 Å². The molecule has 1 unspecified atom stereocenters. The number of hydrogen-bond acceptors (Lipinski definition) is 2. The Morgan fingerprint density at radius 2 is 2.00 bits per heavy atom. The average molecular weight is 158 g/mol. The summed E-state index contributed by atoms with van der Waals surface area (Å²) in [6.07, 6.45) is 7.44. The third-order valence-corrected chi connectivity index (χ3v) is 3.17. The van der Waals surface area contributed by atoms with Gasteiger partial charge in [-0.15, -0.1) is 0 Å². The van der Waals surface area contributed by atoms with Crippen molar-refractivity contribution in [1.82, 2.24) is 0 Å². The van der Waals surface area contributed by atoms with Gasteiger partial charge in [0.15, 0.2) is 0 Å². The van der Waals surface area contributed by atoms with Gasteiger partial charge in [-0.2, -0.15) is 11.8 Å². The molecular weight excluding hydrogens is 144 g/mol. The van der Waals surface area contributed by atoms with Gasteiger partial charge in [0.05, 0.1) is 5.25 Å². The minimum atomic E-state index is 0.306. The van der Waals surface area contributed by atoms with Crippen molar-refractivity contribution >= 4 is 18.0 Å². The first kappa shape index (κ1) is 8.12. The van der Waals surface area contributed by atoms with Gasteiger partial charge in [-0.1, -0.05) is 19.3 Å². The van der Waals surface area contributed by atoms with Crippen LogP contribution in [0.5, 0.6) is 0 Å². The molecule has 0 aromatic heterocycles. The molecule has 1 aliphatic rings. The molecule has 0 spiro atoms. The van der Waals surface area contributed by atoms with Crippen LogP contribution in [0.25, 0.3) is 0 Å². The highest BCUT2D eigenvalue weighted by Crippen LogP contribution is 2.21. The second-order valence-corrected chi connectivity index (χ2v) is 4.10. The van der Waals surface area contributed by atoms with E-state index in [4.69, 9.17) is 0 Å². The van der Waals surface area contributed by atoms with Crippen molar-refractivity contribution in [1.29, 1.82) is 0 Å². The monoisotopic (exact) mass is 158 g/mol. The molecule has 1 saturated heterocycles. The Hall–Kier alpha value is 0.0200. The molecule has 1 atom stereocenters. The zero-order valence-corrected chi connectivity index (χ0v) is 7.03. The van der Waals surface area contributed by atoms with Crippen molar-refractivity contribution in [2.75, 3.05) is 5.75 Å². The molecule has 1 rings (SSSR count). The number of thioether (sulfide) groups is 1. The molecule has 0 amide bonds. The second kappa shape index (κ2) is 4.78. The van der Waals surface area contributed by atoms with Crippen molar-refractivity contribution in [2.24, 2.45) is 0 Å². The van der Waals surface area contributed by atoms with E-state index in [2.05, 4.69) is 0 Å². The van der Waals surface area contributed by atoms with E-state index in [0.29, 0.717) is 5.25 Å². The highest BCUT2D eigenvalue weighted by Gasteiger charge is 2.09. The summed E-state index contributed by atoms with van der Waals surface area (Å²) in [5.74, 6) is 1.18. The van der Waals surface area contributed by atoms with Crippen molar-refractivity contribution in [3.05, 3.63) is 0 Å². The highest BCUT2D eigenvalue weighted by atomic mass is 32.2. The zero-order valence-electron chi connectivity index (χ0n) is 6.21. The van der Waals surface area contributed by atoms with E-state index >= 15 is 0 Å². The SMILES string of the molecule is O=CC1CCCCCCS1. The van der Waals surface area contributed by atoms with Crippen molar-refractivity contribution in [2.45, 2.75) is 37.4 Å². The van der Waals surface area contributed by atoms with Crippen LogP contribution >= 0.6 is 11.8 Å². The third kappa shape index (κ3) is 2.74. The van der Waals surface area contributed by atoms with E-state index in [-0.39, 0.29) is 0 Å². The number of hydrogen-bond donors (Lipinski definition) is 0. The molecule has 1 fully saturated rings. The zero-order chi connectivity index (χ0) is 7.23. The van der Waals surface area contributed by atoms with Crippen LogP contribution in [-0.4, -0.2) is 17.3 Å². The predicted molar refractivity (Wildman–Crippen MR) is 45.4 cm³/mol. The third-order valence-electron chi connectivity index (χ3n) is 1.87. The van der Waals surface area contributed by atoms with Gasteiger partial charge in [0.2, 0.25) is 0 Å². The van der Waals surface area contributed by atoms with Gasteiger partial charge >= 0.3 is 0 Å². The second-order valence-electron chi connectivity index (χ2n) is 2.75. The van der Waals surface area contributed by atoms with E-state index in [1.54, 1.807) is 0 Å². The largest absolute Gasteiger partial charge is 0.302 e. The summed E-state index contributed by atoms with van der Waals surface area (Å²) < 4.78 is 0. The lowest BCUT2D eigenvalue weighted by Gasteiger charge is -2.12. The first-order valence-electron chi connectivity index (χ1n) is 4.00. The summed E-state index contributed by atoms with van der Waals surface area (Å²) in [6, 6.07) is 0. The summed E-state index contributed by atoms with van der Waals surface area (Å²) in [4.78, 5) is 10.4. The summed E-state index contributed by atoms with van der Waals surface area (Å²) >= 11 is 1.83. The lowest BCUT2D eigenvalue weighted by molar-refractivity contribution is -0.107. The quantitative estimate of drug-likeness (QED) is 0.544. The van der Waals surface area contributed by atoms with Crippen molar-refractivity contribution < 1.29 is 4.79 Å². The molecule has 0 N–H and O–H groups in total. The molecule has 0 aromatic rings. The molecule has 58 valence electrons. The molecule has 0 aliphatic carbocycles. The summed E-state index contributed by atoms with van der Waals surface area (Å²) in [5, 5.41) is 0.306. The fourth-order valence-electron chi connectivity index (χ4n) is 1.23. The van der Waals surface area contributed by atoms with Crippen LogP contribution in [0.15, 0.2) is 0 Å². The summed E-state index contributed by atoms with van der Waals surface area (Å²) in [5.41, 5.74) is 0. The number of aldehydes is 1. The van der Waals surface area contributed by atoms with Gasteiger partial charge in [-0.3, -0.25) is 0 Å². The maximum Gasteiger partial charge on any atom is 0.132 e. The molecule has 0 radical (unpaired) electrons. The Morgan fingerprint density at radius 3 is 2.80 bits per heavy atom. The van der Waals surface area contributed by atoms with Crippen LogP contribution < -0.4 is 0 Å². The minimum Gasteiger partial charge on any atom is -0.302 e. The Kier molecular flexibility index (Phi) is 3.88. The molecule has 2 heteroatoms. The van der Waals surface area contributed by atoms with Gasteiger partial charge in [-0.25, -0.2) is 0 Å². The molecule has 1 nitrogen and oxygen atoms in total. The minimum absolute atomic E-state index is 0.306. The summed E-state index contributed by atoms with van der Waals surface area (Å²) in [6.45, 7) is 0. The molecule has 1 heterocycles. The van der Waals surface area contributed by atoms with Gasteiger partial charge < -0.3 is 4.79 Å². The lowest BCUT2D eigenvalue weighted by atomic mass is 10.1. The maximum atomic E-state index is 10.4.